The predicted octanol–water partition coefficient (Wildman–Crippen LogP) is 0.431. The van der Waals surface area contributed by atoms with Gasteiger partial charge in [0.25, 0.3) is 0 Å². The molecule has 4 N–H and O–H groups in total. The van der Waals surface area contributed by atoms with Gasteiger partial charge in [0.2, 0.25) is 5.91 Å². The maximum absolute atomic E-state index is 13.9. The number of piperazine rings is 1. The van der Waals surface area contributed by atoms with Crippen molar-refractivity contribution in [3.8, 4) is 0 Å². The van der Waals surface area contributed by atoms with Crippen molar-refractivity contribution in [3.05, 3.63) is 23.5 Å². The van der Waals surface area contributed by atoms with Crippen LogP contribution in [0.2, 0.25) is 0 Å². The smallest absolute Gasteiger partial charge is 0.337 e. The summed E-state index contributed by atoms with van der Waals surface area (Å²) in [4.78, 5) is 24.1. The molecule has 1 aromatic carbocycles. The molecule has 1 aliphatic rings. The van der Waals surface area contributed by atoms with Gasteiger partial charge in [0.05, 0.1) is 11.3 Å². The SMILES string of the molecule is CC1C(=O)NCCN1c1cc(C(=O)O)c(N)cc1F. The van der Waals surface area contributed by atoms with E-state index in [9.17, 15) is 14.0 Å². The van der Waals surface area contributed by atoms with Crippen molar-refractivity contribution in [2.45, 2.75) is 13.0 Å². The fraction of sp³-hybridized carbons (Fsp3) is 0.333. The number of hydrogen-bond acceptors (Lipinski definition) is 4. The van der Waals surface area contributed by atoms with E-state index < -0.39 is 17.8 Å². The number of nitrogens with zero attached hydrogens (tertiary/aromatic N) is 1. The number of amides is 1. The van der Waals surface area contributed by atoms with Gasteiger partial charge in [-0.2, -0.15) is 0 Å². The van der Waals surface area contributed by atoms with E-state index >= 15 is 0 Å². The van der Waals surface area contributed by atoms with Crippen LogP contribution in [0.4, 0.5) is 15.8 Å². The first-order valence-corrected chi connectivity index (χ1v) is 5.78. The van der Waals surface area contributed by atoms with Crippen LogP contribution in [0, 0.1) is 5.82 Å². The average molecular weight is 267 g/mol. The van der Waals surface area contributed by atoms with Gasteiger partial charge in [-0.25, -0.2) is 9.18 Å². The second-order valence-corrected chi connectivity index (χ2v) is 4.36. The number of nitrogen functional groups attached to an aromatic ring is 1. The number of carbonyl (C=O) groups is 2. The third kappa shape index (κ3) is 2.31. The number of benzene rings is 1. The molecule has 2 rings (SSSR count). The Morgan fingerprint density at radius 1 is 1.58 bits per heavy atom. The monoisotopic (exact) mass is 267 g/mol. The molecule has 0 radical (unpaired) electrons. The van der Waals surface area contributed by atoms with E-state index in [0.29, 0.717) is 13.1 Å². The van der Waals surface area contributed by atoms with Crippen molar-refractivity contribution in [1.29, 1.82) is 0 Å². The van der Waals surface area contributed by atoms with Crippen molar-refractivity contribution >= 4 is 23.3 Å². The number of halogens is 1. The maximum atomic E-state index is 13.9. The van der Waals surface area contributed by atoms with Crippen molar-refractivity contribution in [1.82, 2.24) is 5.32 Å². The van der Waals surface area contributed by atoms with Crippen LogP contribution in [0.15, 0.2) is 12.1 Å². The molecule has 19 heavy (non-hydrogen) atoms. The van der Waals surface area contributed by atoms with Crippen LogP contribution in [-0.2, 0) is 4.79 Å². The molecule has 0 bridgehead atoms. The number of carboxylic acid groups (broad SMARTS) is 1. The van der Waals surface area contributed by atoms with Crippen LogP contribution in [0.3, 0.4) is 0 Å². The van der Waals surface area contributed by atoms with E-state index in [1.165, 1.54) is 11.0 Å². The van der Waals surface area contributed by atoms with Crippen molar-refractivity contribution in [2.75, 3.05) is 23.7 Å². The quantitative estimate of drug-likeness (QED) is 0.675. The molecule has 1 atom stereocenters. The summed E-state index contributed by atoms with van der Waals surface area (Å²) in [5.41, 5.74) is 5.23. The lowest BCUT2D eigenvalue weighted by Crippen LogP contribution is -2.54. The first-order chi connectivity index (χ1) is 8.91. The van der Waals surface area contributed by atoms with Gasteiger partial charge < -0.3 is 21.1 Å². The largest absolute Gasteiger partial charge is 0.478 e. The molecular weight excluding hydrogens is 253 g/mol. The van der Waals surface area contributed by atoms with Gasteiger partial charge in [0.1, 0.15) is 11.9 Å². The molecule has 1 unspecified atom stereocenters. The molecular formula is C12H14FN3O3. The topological polar surface area (TPSA) is 95.7 Å². The molecule has 1 saturated heterocycles. The summed E-state index contributed by atoms with van der Waals surface area (Å²) < 4.78 is 13.9. The number of nitrogens with one attached hydrogen (secondary N) is 1. The second kappa shape index (κ2) is 4.75. The first-order valence-electron chi connectivity index (χ1n) is 5.78. The zero-order valence-electron chi connectivity index (χ0n) is 10.3. The molecule has 1 fully saturated rings. The summed E-state index contributed by atoms with van der Waals surface area (Å²) in [5, 5.41) is 11.7. The van der Waals surface area contributed by atoms with E-state index in [0.717, 1.165) is 6.07 Å². The molecule has 0 spiro atoms. The molecule has 102 valence electrons. The average Bonchev–Trinajstić information content (AvgIpc) is 2.33. The maximum Gasteiger partial charge on any atom is 0.337 e. The van der Waals surface area contributed by atoms with E-state index in [4.69, 9.17) is 10.8 Å². The lowest BCUT2D eigenvalue weighted by Gasteiger charge is -2.35. The van der Waals surface area contributed by atoms with Gasteiger partial charge in [-0.05, 0) is 19.1 Å². The Kier molecular flexibility index (Phi) is 3.28. The lowest BCUT2D eigenvalue weighted by molar-refractivity contribution is -0.122. The number of carbonyl (C=O) groups excluding carboxylic acids is 1. The Morgan fingerprint density at radius 2 is 2.26 bits per heavy atom. The molecule has 0 aliphatic carbocycles. The Labute approximate surface area is 109 Å². The summed E-state index contributed by atoms with van der Waals surface area (Å²) in [6.45, 7) is 2.42. The number of rotatable bonds is 2. The van der Waals surface area contributed by atoms with Crippen molar-refractivity contribution in [2.24, 2.45) is 0 Å². The van der Waals surface area contributed by atoms with Gasteiger partial charge in [-0.15, -0.1) is 0 Å². The van der Waals surface area contributed by atoms with Crippen LogP contribution in [0.25, 0.3) is 0 Å². The van der Waals surface area contributed by atoms with E-state index in [1.807, 2.05) is 0 Å². The van der Waals surface area contributed by atoms with Crippen LogP contribution in [-0.4, -0.2) is 36.1 Å². The molecule has 1 aromatic rings. The lowest BCUT2D eigenvalue weighted by atomic mass is 10.1. The van der Waals surface area contributed by atoms with Gasteiger partial charge >= 0.3 is 5.97 Å². The van der Waals surface area contributed by atoms with Gasteiger partial charge in [-0.1, -0.05) is 0 Å². The number of anilines is 2. The fourth-order valence-corrected chi connectivity index (χ4v) is 2.09. The minimum atomic E-state index is -1.23. The normalized spacial score (nSPS) is 19.2. The van der Waals surface area contributed by atoms with Gasteiger partial charge in [0.15, 0.2) is 0 Å². The van der Waals surface area contributed by atoms with E-state index in [-0.39, 0.29) is 22.8 Å². The van der Waals surface area contributed by atoms with Crippen LogP contribution >= 0.6 is 0 Å². The van der Waals surface area contributed by atoms with Crippen LogP contribution in [0.1, 0.15) is 17.3 Å². The molecule has 1 aliphatic heterocycles. The standard InChI is InChI=1S/C12H14FN3O3/c1-6-11(17)15-2-3-16(6)10-4-7(12(18)19)9(14)5-8(10)13/h4-6H,2-3,14H2,1H3,(H,15,17)(H,18,19). The van der Waals surface area contributed by atoms with Crippen molar-refractivity contribution < 1.29 is 19.1 Å². The molecule has 1 heterocycles. The van der Waals surface area contributed by atoms with Crippen LogP contribution in [0.5, 0.6) is 0 Å². The Hall–Kier alpha value is -2.31. The Bertz CT molecular complexity index is 547. The number of aromatic carboxylic acids is 1. The molecule has 1 amide bonds. The zero-order valence-corrected chi connectivity index (χ0v) is 10.3. The molecule has 7 heteroatoms. The summed E-state index contributed by atoms with van der Waals surface area (Å²) in [5.74, 6) is -2.09. The highest BCUT2D eigenvalue weighted by Crippen LogP contribution is 2.27. The Morgan fingerprint density at radius 3 is 2.89 bits per heavy atom. The summed E-state index contributed by atoms with van der Waals surface area (Å²) in [6.07, 6.45) is 0. The number of nitrogens with two attached hydrogens (primary N) is 1. The highest BCUT2D eigenvalue weighted by atomic mass is 19.1. The number of carboxylic acids is 1. The van der Waals surface area contributed by atoms with Gasteiger partial charge in [0, 0.05) is 18.8 Å². The third-order valence-electron chi connectivity index (χ3n) is 3.16. The summed E-state index contributed by atoms with van der Waals surface area (Å²) in [7, 11) is 0. The predicted molar refractivity (Wildman–Crippen MR) is 67.6 cm³/mol. The molecule has 6 nitrogen and oxygen atoms in total. The second-order valence-electron chi connectivity index (χ2n) is 4.36. The highest BCUT2D eigenvalue weighted by molar-refractivity contribution is 5.95. The van der Waals surface area contributed by atoms with E-state index in [1.54, 1.807) is 6.92 Å². The summed E-state index contributed by atoms with van der Waals surface area (Å²) >= 11 is 0. The highest BCUT2D eigenvalue weighted by Gasteiger charge is 2.28. The fourth-order valence-electron chi connectivity index (χ4n) is 2.09. The molecule has 0 saturated carbocycles. The minimum absolute atomic E-state index is 0.0777. The summed E-state index contributed by atoms with van der Waals surface area (Å²) in [6, 6.07) is 1.58. The van der Waals surface area contributed by atoms with Crippen LogP contribution < -0.4 is 16.0 Å². The minimum Gasteiger partial charge on any atom is -0.478 e. The first kappa shape index (κ1) is 13.1. The zero-order chi connectivity index (χ0) is 14.2. The van der Waals surface area contributed by atoms with Crippen molar-refractivity contribution in [3.63, 3.8) is 0 Å². The molecule has 0 aromatic heterocycles. The third-order valence-corrected chi connectivity index (χ3v) is 3.16. The van der Waals surface area contributed by atoms with Gasteiger partial charge in [-0.3, -0.25) is 4.79 Å². The Balaban J connectivity index is 2.46. The van der Waals surface area contributed by atoms with E-state index in [2.05, 4.69) is 5.32 Å². The number of hydrogen-bond donors (Lipinski definition) is 3.